The van der Waals surface area contributed by atoms with Crippen LogP contribution in [0.4, 0.5) is 0 Å². The first-order valence-electron chi connectivity index (χ1n) is 4.91. The Labute approximate surface area is 78.7 Å². The van der Waals surface area contributed by atoms with Crippen LogP contribution < -0.4 is 0 Å². The third-order valence-electron chi connectivity index (χ3n) is 2.78. The number of nitrogens with zero attached hydrogens (tertiary/aromatic N) is 2. The van der Waals surface area contributed by atoms with Crippen molar-refractivity contribution >= 4 is 0 Å². The Hall–Kier alpha value is -0.830. The van der Waals surface area contributed by atoms with Crippen LogP contribution in [0.1, 0.15) is 24.9 Å². The molecule has 0 aromatic carbocycles. The van der Waals surface area contributed by atoms with E-state index in [-0.39, 0.29) is 0 Å². The smallest absolute Gasteiger partial charge is 0.108 e. The highest BCUT2D eigenvalue weighted by atomic mass is 16.5. The van der Waals surface area contributed by atoms with Gasteiger partial charge < -0.3 is 9.30 Å². The zero-order valence-corrected chi connectivity index (χ0v) is 8.29. The summed E-state index contributed by atoms with van der Waals surface area (Å²) in [6.07, 6.45) is 5.63. The molecule has 72 valence electrons. The second-order valence-electron chi connectivity index (χ2n) is 3.53. The van der Waals surface area contributed by atoms with Crippen LogP contribution in [0.2, 0.25) is 0 Å². The molecule has 0 radical (unpaired) electrons. The largest absolute Gasteiger partial charge is 0.380 e. The van der Waals surface area contributed by atoms with Gasteiger partial charge in [-0.05, 0) is 12.8 Å². The number of fused-ring (bicyclic) bond motifs is 1. The summed E-state index contributed by atoms with van der Waals surface area (Å²) in [7, 11) is 1.79. The van der Waals surface area contributed by atoms with Crippen molar-refractivity contribution < 1.29 is 4.74 Å². The fourth-order valence-electron chi connectivity index (χ4n) is 1.95. The lowest BCUT2D eigenvalue weighted by Gasteiger charge is -2.24. The van der Waals surface area contributed by atoms with E-state index in [0.717, 1.165) is 25.8 Å². The number of methoxy groups -OCH3 is 1. The lowest BCUT2D eigenvalue weighted by atomic mass is 10.1. The standard InChI is InChI=1S/C10H16N2O/c1-3-10-11-6-8-4-5-9(13-2)7-12(8)10/h6,9H,3-5,7H2,1-2H3. The zero-order valence-electron chi connectivity index (χ0n) is 8.29. The Bertz CT molecular complexity index is 280. The maximum Gasteiger partial charge on any atom is 0.108 e. The van der Waals surface area contributed by atoms with Crippen LogP contribution >= 0.6 is 0 Å². The fraction of sp³-hybridized carbons (Fsp3) is 0.700. The van der Waals surface area contributed by atoms with E-state index in [1.165, 1.54) is 11.5 Å². The van der Waals surface area contributed by atoms with Crippen molar-refractivity contribution in [2.45, 2.75) is 38.8 Å². The first-order chi connectivity index (χ1) is 6.35. The summed E-state index contributed by atoms with van der Waals surface area (Å²) >= 11 is 0. The molecule has 1 atom stereocenters. The summed E-state index contributed by atoms with van der Waals surface area (Å²) in [5.41, 5.74) is 1.37. The number of aromatic nitrogens is 2. The molecule has 3 nitrogen and oxygen atoms in total. The van der Waals surface area contributed by atoms with Crippen molar-refractivity contribution in [2.24, 2.45) is 0 Å². The van der Waals surface area contributed by atoms with E-state index in [0.29, 0.717) is 6.10 Å². The molecule has 0 bridgehead atoms. The minimum atomic E-state index is 0.381. The molecule has 1 aliphatic heterocycles. The molecular weight excluding hydrogens is 164 g/mol. The van der Waals surface area contributed by atoms with Gasteiger partial charge >= 0.3 is 0 Å². The van der Waals surface area contributed by atoms with E-state index >= 15 is 0 Å². The molecule has 0 saturated heterocycles. The minimum absolute atomic E-state index is 0.381. The predicted molar refractivity (Wildman–Crippen MR) is 50.7 cm³/mol. The summed E-state index contributed by atoms with van der Waals surface area (Å²) in [5, 5.41) is 0. The van der Waals surface area contributed by atoms with Crippen molar-refractivity contribution in [3.05, 3.63) is 17.7 Å². The fourth-order valence-corrected chi connectivity index (χ4v) is 1.95. The van der Waals surface area contributed by atoms with Crippen LogP contribution in [-0.2, 0) is 24.1 Å². The maximum atomic E-state index is 5.37. The summed E-state index contributed by atoms with van der Waals surface area (Å²) in [6.45, 7) is 3.13. The quantitative estimate of drug-likeness (QED) is 0.688. The molecule has 0 spiro atoms. The molecule has 0 fully saturated rings. The van der Waals surface area contributed by atoms with E-state index in [1.54, 1.807) is 7.11 Å². The van der Waals surface area contributed by atoms with Gasteiger partial charge in [0.15, 0.2) is 0 Å². The van der Waals surface area contributed by atoms with Crippen molar-refractivity contribution in [2.75, 3.05) is 7.11 Å². The average Bonchev–Trinajstić information content (AvgIpc) is 2.59. The molecule has 1 aliphatic rings. The number of rotatable bonds is 2. The van der Waals surface area contributed by atoms with E-state index in [4.69, 9.17) is 4.74 Å². The van der Waals surface area contributed by atoms with E-state index in [2.05, 4.69) is 16.5 Å². The van der Waals surface area contributed by atoms with Gasteiger partial charge in [-0.15, -0.1) is 0 Å². The molecule has 1 aromatic heterocycles. The van der Waals surface area contributed by atoms with E-state index < -0.39 is 0 Å². The van der Waals surface area contributed by atoms with Gasteiger partial charge in [0.1, 0.15) is 5.82 Å². The lowest BCUT2D eigenvalue weighted by molar-refractivity contribution is 0.0704. The first-order valence-corrected chi connectivity index (χ1v) is 4.91. The summed E-state index contributed by atoms with van der Waals surface area (Å²) in [6, 6.07) is 0. The van der Waals surface area contributed by atoms with Crippen molar-refractivity contribution in [3.63, 3.8) is 0 Å². The number of hydrogen-bond donors (Lipinski definition) is 0. The van der Waals surface area contributed by atoms with Crippen molar-refractivity contribution in [1.29, 1.82) is 0 Å². The first kappa shape index (κ1) is 8.75. The monoisotopic (exact) mass is 180 g/mol. The number of imidazole rings is 1. The Morgan fingerprint density at radius 1 is 1.69 bits per heavy atom. The Morgan fingerprint density at radius 3 is 3.23 bits per heavy atom. The van der Waals surface area contributed by atoms with Gasteiger partial charge in [0.25, 0.3) is 0 Å². The van der Waals surface area contributed by atoms with Gasteiger partial charge in [-0.25, -0.2) is 4.98 Å². The van der Waals surface area contributed by atoms with Crippen LogP contribution in [0.25, 0.3) is 0 Å². The molecule has 13 heavy (non-hydrogen) atoms. The Kier molecular flexibility index (Phi) is 2.36. The number of ether oxygens (including phenoxy) is 1. The van der Waals surface area contributed by atoms with E-state index in [1.807, 2.05) is 6.20 Å². The molecule has 1 aromatic rings. The normalized spacial score (nSPS) is 21.5. The van der Waals surface area contributed by atoms with Crippen LogP contribution in [0, 0.1) is 0 Å². The SMILES string of the molecule is CCc1ncc2n1CC(OC)CC2. The summed E-state index contributed by atoms with van der Waals surface area (Å²) in [5.74, 6) is 1.19. The second kappa shape index (κ2) is 3.50. The van der Waals surface area contributed by atoms with Crippen LogP contribution in [0.5, 0.6) is 0 Å². The van der Waals surface area contributed by atoms with Crippen LogP contribution in [-0.4, -0.2) is 22.8 Å². The molecule has 0 saturated carbocycles. The van der Waals surface area contributed by atoms with Gasteiger partial charge in [0, 0.05) is 25.4 Å². The summed E-state index contributed by atoms with van der Waals surface area (Å²) < 4.78 is 7.67. The summed E-state index contributed by atoms with van der Waals surface area (Å²) in [4.78, 5) is 4.39. The average molecular weight is 180 g/mol. The number of hydrogen-bond acceptors (Lipinski definition) is 2. The van der Waals surface area contributed by atoms with Gasteiger partial charge in [-0.1, -0.05) is 6.92 Å². The number of aryl methyl sites for hydroxylation is 2. The lowest BCUT2D eigenvalue weighted by Crippen LogP contribution is -2.26. The van der Waals surface area contributed by atoms with E-state index in [9.17, 15) is 0 Å². The molecule has 2 heterocycles. The topological polar surface area (TPSA) is 27.1 Å². The van der Waals surface area contributed by atoms with Gasteiger partial charge in [0.05, 0.1) is 12.6 Å². The van der Waals surface area contributed by atoms with Gasteiger partial charge in [-0.3, -0.25) is 0 Å². The molecule has 0 N–H and O–H groups in total. The highest BCUT2D eigenvalue weighted by Gasteiger charge is 2.19. The Morgan fingerprint density at radius 2 is 2.54 bits per heavy atom. The van der Waals surface area contributed by atoms with Gasteiger partial charge in [0.2, 0.25) is 0 Å². The molecular formula is C10H16N2O. The van der Waals surface area contributed by atoms with Gasteiger partial charge in [-0.2, -0.15) is 0 Å². The van der Waals surface area contributed by atoms with Crippen LogP contribution in [0.3, 0.4) is 0 Å². The highest BCUT2D eigenvalue weighted by molar-refractivity contribution is 5.08. The third kappa shape index (κ3) is 1.48. The predicted octanol–water partition coefficient (Wildman–Crippen LogP) is 1.41. The second-order valence-corrected chi connectivity index (χ2v) is 3.53. The zero-order chi connectivity index (χ0) is 9.26. The molecule has 2 rings (SSSR count). The molecule has 0 amide bonds. The molecule has 3 heteroatoms. The van der Waals surface area contributed by atoms with Crippen molar-refractivity contribution in [1.82, 2.24) is 9.55 Å². The highest BCUT2D eigenvalue weighted by Crippen LogP contribution is 2.18. The maximum absolute atomic E-state index is 5.37. The Balaban J connectivity index is 2.25. The molecule has 0 aliphatic carbocycles. The van der Waals surface area contributed by atoms with Crippen molar-refractivity contribution in [3.8, 4) is 0 Å². The van der Waals surface area contributed by atoms with Crippen LogP contribution in [0.15, 0.2) is 6.20 Å². The minimum Gasteiger partial charge on any atom is -0.380 e. The molecule has 1 unspecified atom stereocenters. The third-order valence-corrected chi connectivity index (χ3v) is 2.78.